The van der Waals surface area contributed by atoms with Crippen molar-refractivity contribution >= 4 is 10.6 Å². The molecule has 0 aromatic carbocycles. The molecule has 0 aliphatic rings. The van der Waals surface area contributed by atoms with Gasteiger partial charge < -0.3 is 0 Å². The molecule has 0 N–H and O–H groups in total. The molecule has 3 heteroatoms. The summed E-state index contributed by atoms with van der Waals surface area (Å²) in [7, 11) is 2.15. The maximum absolute atomic E-state index is 4.95. The summed E-state index contributed by atoms with van der Waals surface area (Å²) in [6.07, 6.45) is 3.88. The Morgan fingerprint density at radius 3 is 1.29 bits per heavy atom. The van der Waals surface area contributed by atoms with Crippen molar-refractivity contribution in [1.29, 1.82) is 0 Å². The molecule has 0 rings (SSSR count). The number of hydrogen-bond acceptors (Lipinski definition) is 2. The van der Waals surface area contributed by atoms with Crippen LogP contribution in [0.4, 0.5) is 0 Å². The van der Waals surface area contributed by atoms with Crippen LogP contribution in [0.15, 0.2) is 0 Å². The lowest BCUT2D eigenvalue weighted by Crippen LogP contribution is -1.97. The molecule has 0 unspecified atom stereocenters. The highest BCUT2D eigenvalue weighted by molar-refractivity contribution is 8.24. The minimum atomic E-state index is -1.16. The Balaban J connectivity index is 3.36. The van der Waals surface area contributed by atoms with E-state index >= 15 is 0 Å². The van der Waals surface area contributed by atoms with E-state index in [4.69, 9.17) is 8.37 Å². The molecule has 0 radical (unpaired) electrons. The first-order chi connectivity index (χ1) is 3.12. The van der Waals surface area contributed by atoms with E-state index in [2.05, 4.69) is 0 Å². The van der Waals surface area contributed by atoms with Crippen molar-refractivity contribution in [1.82, 2.24) is 0 Å². The molecule has 0 spiro atoms. The van der Waals surface area contributed by atoms with E-state index in [0.29, 0.717) is 0 Å². The Bertz CT molecular complexity index is 47.7. The van der Waals surface area contributed by atoms with Gasteiger partial charge in [-0.2, -0.15) is 10.6 Å². The fraction of sp³-hybridized carbons (Fsp3) is 1.00. The molecule has 0 aliphatic carbocycles. The van der Waals surface area contributed by atoms with Gasteiger partial charge in [-0.15, -0.1) is 0 Å². The summed E-state index contributed by atoms with van der Waals surface area (Å²) in [5.74, 6) is 0. The van der Waals surface area contributed by atoms with E-state index in [1.54, 1.807) is 14.2 Å². The van der Waals surface area contributed by atoms with E-state index in [0.717, 1.165) is 0 Å². The maximum atomic E-state index is 4.95. The van der Waals surface area contributed by atoms with Crippen molar-refractivity contribution < 1.29 is 8.37 Å². The summed E-state index contributed by atoms with van der Waals surface area (Å²) in [5.41, 5.74) is 0. The van der Waals surface area contributed by atoms with E-state index in [1.807, 2.05) is 12.5 Å². The second-order valence-electron chi connectivity index (χ2n) is 1.48. The van der Waals surface area contributed by atoms with Crippen molar-refractivity contribution in [3.63, 3.8) is 0 Å². The van der Waals surface area contributed by atoms with E-state index < -0.39 is 10.6 Å². The summed E-state index contributed by atoms with van der Waals surface area (Å²) in [6.45, 7) is 0. The van der Waals surface area contributed by atoms with Crippen LogP contribution in [0, 0.1) is 0 Å². The SMILES string of the molecule is COS(C)(C)OC. The lowest BCUT2D eigenvalue weighted by atomic mass is 11.8. The van der Waals surface area contributed by atoms with Gasteiger partial charge in [0.2, 0.25) is 0 Å². The molecule has 0 amide bonds. The van der Waals surface area contributed by atoms with Crippen LogP contribution in [0.1, 0.15) is 0 Å². The first-order valence-electron chi connectivity index (χ1n) is 1.97. The Kier molecular flexibility index (Phi) is 2.64. The highest BCUT2D eigenvalue weighted by atomic mass is 32.3. The summed E-state index contributed by atoms with van der Waals surface area (Å²) in [4.78, 5) is 0. The van der Waals surface area contributed by atoms with Crippen LogP contribution < -0.4 is 0 Å². The van der Waals surface area contributed by atoms with Gasteiger partial charge in [0, 0.05) is 12.5 Å². The largest absolute Gasteiger partial charge is 0.288 e. The van der Waals surface area contributed by atoms with Crippen molar-refractivity contribution in [2.24, 2.45) is 0 Å². The molecule has 0 aromatic heterocycles. The van der Waals surface area contributed by atoms with Crippen LogP contribution in [0.2, 0.25) is 0 Å². The molecule has 0 saturated carbocycles. The molecule has 46 valence electrons. The van der Waals surface area contributed by atoms with Crippen LogP contribution in [-0.2, 0) is 8.37 Å². The van der Waals surface area contributed by atoms with Crippen molar-refractivity contribution in [2.45, 2.75) is 0 Å². The van der Waals surface area contributed by atoms with E-state index in [1.165, 1.54) is 0 Å². The fourth-order valence-electron chi connectivity index (χ4n) is 0.0680. The Morgan fingerprint density at radius 2 is 1.29 bits per heavy atom. The van der Waals surface area contributed by atoms with Gasteiger partial charge in [0.15, 0.2) is 0 Å². The van der Waals surface area contributed by atoms with Crippen LogP contribution in [0.5, 0.6) is 0 Å². The molecule has 0 fully saturated rings. The predicted molar refractivity (Wildman–Crippen MR) is 33.5 cm³/mol. The second-order valence-corrected chi connectivity index (χ2v) is 4.43. The summed E-state index contributed by atoms with van der Waals surface area (Å²) in [5, 5.41) is 0. The second kappa shape index (κ2) is 2.55. The Hall–Kier alpha value is 0.270. The number of rotatable bonds is 2. The van der Waals surface area contributed by atoms with Crippen LogP contribution in [0.3, 0.4) is 0 Å². The monoisotopic (exact) mass is 124 g/mol. The molecule has 0 saturated heterocycles. The third-order valence-corrected chi connectivity index (χ3v) is 2.41. The van der Waals surface area contributed by atoms with Gasteiger partial charge in [0.05, 0.1) is 14.2 Å². The van der Waals surface area contributed by atoms with Crippen LogP contribution >= 0.6 is 10.6 Å². The average Bonchev–Trinajstić information content (AvgIpc) is 1.68. The zero-order chi connectivity index (χ0) is 5.91. The van der Waals surface area contributed by atoms with E-state index in [-0.39, 0.29) is 0 Å². The molecule has 7 heavy (non-hydrogen) atoms. The topological polar surface area (TPSA) is 18.5 Å². The molecule has 0 bridgehead atoms. The van der Waals surface area contributed by atoms with Gasteiger partial charge in [0.1, 0.15) is 0 Å². The average molecular weight is 124 g/mol. The number of hydrogen-bond donors (Lipinski definition) is 0. The highest BCUT2D eigenvalue weighted by Gasteiger charge is 1.98. The van der Waals surface area contributed by atoms with Gasteiger partial charge in [0.25, 0.3) is 0 Å². The Morgan fingerprint density at radius 1 is 1.00 bits per heavy atom. The predicted octanol–water partition coefficient (Wildman–Crippen LogP) is 1.17. The molecule has 0 aliphatic heterocycles. The lowest BCUT2D eigenvalue weighted by molar-refractivity contribution is 0.356. The summed E-state index contributed by atoms with van der Waals surface area (Å²) < 4.78 is 9.90. The quantitative estimate of drug-likeness (QED) is 0.550. The van der Waals surface area contributed by atoms with Crippen LogP contribution in [0.25, 0.3) is 0 Å². The Labute approximate surface area is 46.5 Å². The van der Waals surface area contributed by atoms with Gasteiger partial charge in [-0.05, 0) is 0 Å². The highest BCUT2D eigenvalue weighted by Crippen LogP contribution is 2.39. The molecular weight excluding hydrogens is 112 g/mol. The van der Waals surface area contributed by atoms with Gasteiger partial charge in [-0.25, -0.2) is 0 Å². The van der Waals surface area contributed by atoms with Gasteiger partial charge in [-0.1, -0.05) is 0 Å². The molecule has 0 atom stereocenters. The standard InChI is InChI=1S/C4H12O2S/c1-5-7(3,4)6-2/h1-4H3. The van der Waals surface area contributed by atoms with Crippen LogP contribution in [-0.4, -0.2) is 26.7 Å². The molecule has 0 aromatic rings. The minimum Gasteiger partial charge on any atom is -0.288 e. The normalized spacial score (nSPS) is 14.3. The third kappa shape index (κ3) is 2.91. The lowest BCUT2D eigenvalue weighted by Gasteiger charge is -2.31. The molecule has 2 nitrogen and oxygen atoms in total. The van der Waals surface area contributed by atoms with Crippen molar-refractivity contribution in [2.75, 3.05) is 26.7 Å². The molecular formula is C4H12O2S. The summed E-state index contributed by atoms with van der Waals surface area (Å²) in [6, 6.07) is 0. The minimum absolute atomic E-state index is 1.16. The smallest absolute Gasteiger partial charge is 0.0603 e. The van der Waals surface area contributed by atoms with Gasteiger partial charge >= 0.3 is 0 Å². The first-order valence-corrected chi connectivity index (χ1v) is 4.27. The van der Waals surface area contributed by atoms with Crippen molar-refractivity contribution in [3.8, 4) is 0 Å². The zero-order valence-corrected chi connectivity index (χ0v) is 6.04. The maximum Gasteiger partial charge on any atom is 0.0603 e. The third-order valence-electron chi connectivity index (χ3n) is 0.803. The van der Waals surface area contributed by atoms with E-state index in [9.17, 15) is 0 Å². The van der Waals surface area contributed by atoms with Crippen molar-refractivity contribution in [3.05, 3.63) is 0 Å². The van der Waals surface area contributed by atoms with Gasteiger partial charge in [-0.3, -0.25) is 8.37 Å². The fourth-order valence-corrected chi connectivity index (χ4v) is 0.204. The molecule has 0 heterocycles. The first kappa shape index (κ1) is 7.27. The zero-order valence-electron chi connectivity index (χ0n) is 5.22. The summed E-state index contributed by atoms with van der Waals surface area (Å²) >= 11 is 0.